The standard InChI is InChI=1S/C13H16N2O/c1-9-4-6-11(7-5-9)13-10(2)12(8-14-3)16-15-13/h4-7,14H,8H2,1-3H3. The first-order valence-corrected chi connectivity index (χ1v) is 5.39. The van der Waals surface area contributed by atoms with Gasteiger partial charge in [-0.25, -0.2) is 0 Å². The lowest BCUT2D eigenvalue weighted by Crippen LogP contribution is -2.04. The molecule has 2 aromatic rings. The van der Waals surface area contributed by atoms with E-state index in [1.165, 1.54) is 5.56 Å². The first kappa shape index (κ1) is 10.9. The Morgan fingerprint density at radius 3 is 2.50 bits per heavy atom. The van der Waals surface area contributed by atoms with Crippen LogP contribution in [0.15, 0.2) is 28.8 Å². The molecular formula is C13H16N2O. The molecule has 0 spiro atoms. The number of aryl methyl sites for hydroxylation is 1. The Bertz CT molecular complexity index is 471. The molecule has 0 bridgehead atoms. The molecule has 3 nitrogen and oxygen atoms in total. The van der Waals surface area contributed by atoms with Gasteiger partial charge in [0.05, 0.1) is 6.54 Å². The van der Waals surface area contributed by atoms with Crippen LogP contribution in [0.1, 0.15) is 16.9 Å². The number of nitrogens with zero attached hydrogens (tertiary/aromatic N) is 1. The summed E-state index contributed by atoms with van der Waals surface area (Å²) in [6.07, 6.45) is 0. The van der Waals surface area contributed by atoms with Gasteiger partial charge in [-0.1, -0.05) is 35.0 Å². The summed E-state index contributed by atoms with van der Waals surface area (Å²) in [7, 11) is 1.90. The van der Waals surface area contributed by atoms with Crippen molar-refractivity contribution in [3.63, 3.8) is 0 Å². The molecule has 0 saturated heterocycles. The zero-order valence-corrected chi connectivity index (χ0v) is 9.87. The molecule has 0 atom stereocenters. The molecule has 1 heterocycles. The monoisotopic (exact) mass is 216 g/mol. The molecule has 0 aliphatic heterocycles. The van der Waals surface area contributed by atoms with Gasteiger partial charge in [-0.15, -0.1) is 0 Å². The fraction of sp³-hybridized carbons (Fsp3) is 0.308. The quantitative estimate of drug-likeness (QED) is 0.857. The summed E-state index contributed by atoms with van der Waals surface area (Å²) in [5, 5.41) is 7.18. The summed E-state index contributed by atoms with van der Waals surface area (Å²) in [5.74, 6) is 0.901. The minimum absolute atomic E-state index is 0.713. The average Bonchev–Trinajstić information content (AvgIpc) is 2.63. The number of nitrogens with one attached hydrogen (secondary N) is 1. The molecule has 0 unspecified atom stereocenters. The van der Waals surface area contributed by atoms with Crippen molar-refractivity contribution in [2.24, 2.45) is 0 Å². The number of rotatable bonds is 3. The summed E-state index contributed by atoms with van der Waals surface area (Å²) >= 11 is 0. The molecule has 0 fully saturated rings. The van der Waals surface area contributed by atoms with E-state index in [2.05, 4.69) is 41.7 Å². The molecule has 0 aliphatic rings. The van der Waals surface area contributed by atoms with Crippen molar-refractivity contribution in [3.05, 3.63) is 41.2 Å². The van der Waals surface area contributed by atoms with Crippen molar-refractivity contribution in [2.45, 2.75) is 20.4 Å². The van der Waals surface area contributed by atoms with Crippen molar-refractivity contribution in [1.82, 2.24) is 10.5 Å². The van der Waals surface area contributed by atoms with Crippen LogP contribution >= 0.6 is 0 Å². The summed E-state index contributed by atoms with van der Waals surface area (Å²) in [6.45, 7) is 4.83. The van der Waals surface area contributed by atoms with E-state index in [4.69, 9.17) is 4.52 Å². The molecule has 1 N–H and O–H groups in total. The molecular weight excluding hydrogens is 200 g/mol. The SMILES string of the molecule is CNCc1onc(-c2ccc(C)cc2)c1C. The maximum Gasteiger partial charge on any atom is 0.154 e. The van der Waals surface area contributed by atoms with E-state index < -0.39 is 0 Å². The first-order chi connectivity index (χ1) is 7.72. The van der Waals surface area contributed by atoms with Gasteiger partial charge < -0.3 is 9.84 Å². The van der Waals surface area contributed by atoms with Gasteiger partial charge in [0.25, 0.3) is 0 Å². The lowest BCUT2D eigenvalue weighted by Gasteiger charge is -1.99. The molecule has 84 valence electrons. The normalized spacial score (nSPS) is 10.7. The Hall–Kier alpha value is -1.61. The van der Waals surface area contributed by atoms with Crippen LogP contribution in [-0.4, -0.2) is 12.2 Å². The minimum Gasteiger partial charge on any atom is -0.359 e. The van der Waals surface area contributed by atoms with Gasteiger partial charge in [-0.3, -0.25) is 0 Å². The van der Waals surface area contributed by atoms with Gasteiger partial charge >= 0.3 is 0 Å². The molecule has 0 amide bonds. The zero-order valence-electron chi connectivity index (χ0n) is 9.87. The fourth-order valence-corrected chi connectivity index (χ4v) is 1.68. The van der Waals surface area contributed by atoms with E-state index in [1.54, 1.807) is 0 Å². The lowest BCUT2D eigenvalue weighted by molar-refractivity contribution is 0.378. The predicted molar refractivity (Wildman–Crippen MR) is 64.2 cm³/mol. The van der Waals surface area contributed by atoms with E-state index in [1.807, 2.05) is 14.0 Å². The average molecular weight is 216 g/mol. The second-order valence-corrected chi connectivity index (χ2v) is 3.98. The Morgan fingerprint density at radius 1 is 1.19 bits per heavy atom. The first-order valence-electron chi connectivity index (χ1n) is 5.39. The molecule has 3 heteroatoms. The zero-order chi connectivity index (χ0) is 11.5. The van der Waals surface area contributed by atoms with Crippen LogP contribution in [0.4, 0.5) is 0 Å². The summed E-state index contributed by atoms with van der Waals surface area (Å²) < 4.78 is 5.31. The van der Waals surface area contributed by atoms with E-state index in [0.717, 1.165) is 22.6 Å². The van der Waals surface area contributed by atoms with Crippen LogP contribution in [0, 0.1) is 13.8 Å². The Balaban J connectivity index is 2.37. The van der Waals surface area contributed by atoms with Crippen LogP contribution in [0.5, 0.6) is 0 Å². The summed E-state index contributed by atoms with van der Waals surface area (Å²) in [6, 6.07) is 8.31. The predicted octanol–water partition coefficient (Wildman–Crippen LogP) is 2.68. The van der Waals surface area contributed by atoms with Crippen molar-refractivity contribution in [2.75, 3.05) is 7.05 Å². The largest absolute Gasteiger partial charge is 0.359 e. The topological polar surface area (TPSA) is 38.1 Å². The number of aromatic nitrogens is 1. The van der Waals surface area contributed by atoms with E-state index in [-0.39, 0.29) is 0 Å². The van der Waals surface area contributed by atoms with Gasteiger partial charge in [-0.05, 0) is 20.9 Å². The van der Waals surface area contributed by atoms with Crippen LogP contribution in [0.25, 0.3) is 11.3 Å². The van der Waals surface area contributed by atoms with Gasteiger partial charge in [-0.2, -0.15) is 0 Å². The van der Waals surface area contributed by atoms with Crippen LogP contribution in [0.3, 0.4) is 0 Å². The van der Waals surface area contributed by atoms with Crippen molar-refractivity contribution >= 4 is 0 Å². The van der Waals surface area contributed by atoms with Crippen molar-refractivity contribution < 1.29 is 4.52 Å². The van der Waals surface area contributed by atoms with Gasteiger partial charge in [0, 0.05) is 11.1 Å². The second kappa shape index (κ2) is 4.49. The third-order valence-electron chi connectivity index (χ3n) is 2.68. The highest BCUT2D eigenvalue weighted by molar-refractivity contribution is 5.63. The maximum absolute atomic E-state index is 5.31. The number of hydrogen-bond acceptors (Lipinski definition) is 3. The molecule has 0 saturated carbocycles. The highest BCUT2D eigenvalue weighted by Crippen LogP contribution is 2.24. The summed E-state index contributed by atoms with van der Waals surface area (Å²) in [4.78, 5) is 0. The highest BCUT2D eigenvalue weighted by atomic mass is 16.5. The number of hydrogen-bond donors (Lipinski definition) is 1. The summed E-state index contributed by atoms with van der Waals surface area (Å²) in [5.41, 5.74) is 4.40. The third kappa shape index (κ3) is 1.99. The van der Waals surface area contributed by atoms with Crippen molar-refractivity contribution in [1.29, 1.82) is 0 Å². The Morgan fingerprint density at radius 2 is 1.88 bits per heavy atom. The van der Waals surface area contributed by atoms with Crippen LogP contribution < -0.4 is 5.32 Å². The maximum atomic E-state index is 5.31. The van der Waals surface area contributed by atoms with Crippen LogP contribution in [-0.2, 0) is 6.54 Å². The third-order valence-corrected chi connectivity index (χ3v) is 2.68. The molecule has 0 radical (unpaired) electrons. The van der Waals surface area contributed by atoms with E-state index in [9.17, 15) is 0 Å². The Kier molecular flexibility index (Phi) is 3.06. The Labute approximate surface area is 95.5 Å². The van der Waals surface area contributed by atoms with Crippen LogP contribution in [0.2, 0.25) is 0 Å². The minimum atomic E-state index is 0.713. The van der Waals surface area contributed by atoms with Gasteiger partial charge in [0.1, 0.15) is 5.69 Å². The van der Waals surface area contributed by atoms with E-state index >= 15 is 0 Å². The highest BCUT2D eigenvalue weighted by Gasteiger charge is 2.12. The molecule has 2 rings (SSSR count). The molecule has 1 aromatic heterocycles. The molecule has 1 aromatic carbocycles. The smallest absolute Gasteiger partial charge is 0.154 e. The van der Waals surface area contributed by atoms with E-state index in [0.29, 0.717) is 6.54 Å². The van der Waals surface area contributed by atoms with Gasteiger partial charge in [0.2, 0.25) is 0 Å². The van der Waals surface area contributed by atoms with Gasteiger partial charge in [0.15, 0.2) is 5.76 Å². The van der Waals surface area contributed by atoms with Crippen molar-refractivity contribution in [3.8, 4) is 11.3 Å². The fourth-order valence-electron chi connectivity index (χ4n) is 1.68. The lowest BCUT2D eigenvalue weighted by atomic mass is 10.1. The second-order valence-electron chi connectivity index (χ2n) is 3.98. The molecule has 0 aliphatic carbocycles. The molecule has 16 heavy (non-hydrogen) atoms. The number of benzene rings is 1.